The summed E-state index contributed by atoms with van der Waals surface area (Å²) in [6, 6.07) is 17.0. The summed E-state index contributed by atoms with van der Waals surface area (Å²) in [7, 11) is 1.65. The van der Waals surface area contributed by atoms with Gasteiger partial charge in [-0.1, -0.05) is 41.9 Å². The van der Waals surface area contributed by atoms with Gasteiger partial charge in [-0.25, -0.2) is 4.79 Å². The number of aliphatic hydroxyl groups excluding tert-OH is 1. The first-order valence-corrected chi connectivity index (χ1v) is 15.7. The van der Waals surface area contributed by atoms with Crippen LogP contribution in [0.1, 0.15) is 40.0 Å². The highest BCUT2D eigenvalue weighted by molar-refractivity contribution is 6.35. The average Bonchev–Trinajstić information content (AvgIpc) is 3.09. The number of pyridine rings is 2. The molecule has 4 aromatic rings. The van der Waals surface area contributed by atoms with Gasteiger partial charge in [0.15, 0.2) is 0 Å². The Bertz CT molecular complexity index is 1710. The van der Waals surface area contributed by atoms with Crippen LogP contribution in [0.2, 0.25) is 5.02 Å². The van der Waals surface area contributed by atoms with Gasteiger partial charge in [0, 0.05) is 67.1 Å². The zero-order valence-corrected chi connectivity index (χ0v) is 27.1. The van der Waals surface area contributed by atoms with Gasteiger partial charge in [-0.2, -0.15) is 0 Å². The van der Waals surface area contributed by atoms with Crippen molar-refractivity contribution in [3.8, 4) is 28.1 Å². The summed E-state index contributed by atoms with van der Waals surface area (Å²) in [6.07, 6.45) is 4.00. The van der Waals surface area contributed by atoms with Crippen molar-refractivity contribution in [1.82, 2.24) is 20.2 Å². The number of nitrogens with one attached hydrogen (secondary N) is 2. The van der Waals surface area contributed by atoms with Gasteiger partial charge >= 0.3 is 6.09 Å². The summed E-state index contributed by atoms with van der Waals surface area (Å²) in [5.74, 6) is 0.333. The molecule has 0 bridgehead atoms. The number of ether oxygens (including phenoxy) is 2. The minimum absolute atomic E-state index is 0.0223. The molecule has 1 aliphatic heterocycles. The van der Waals surface area contributed by atoms with Gasteiger partial charge in [0.05, 0.1) is 31.0 Å². The second kappa shape index (κ2) is 15.8. The van der Waals surface area contributed by atoms with Crippen LogP contribution in [0.4, 0.5) is 10.5 Å². The van der Waals surface area contributed by atoms with Gasteiger partial charge in [-0.15, -0.1) is 0 Å². The summed E-state index contributed by atoms with van der Waals surface area (Å²) < 4.78 is 11.2. The third kappa shape index (κ3) is 8.25. The number of halogens is 1. The molecule has 3 heterocycles. The summed E-state index contributed by atoms with van der Waals surface area (Å²) in [6.45, 7) is 3.87. The zero-order chi connectivity index (χ0) is 33.3. The van der Waals surface area contributed by atoms with Gasteiger partial charge < -0.3 is 35.2 Å². The van der Waals surface area contributed by atoms with Crippen LogP contribution in [-0.4, -0.2) is 76.6 Å². The number of hydrogen-bond acceptors (Lipinski definition) is 8. The average molecular weight is 660 g/mol. The topological polar surface area (TPSA) is 146 Å². The Morgan fingerprint density at radius 3 is 2.60 bits per heavy atom. The van der Waals surface area contributed by atoms with Crippen molar-refractivity contribution in [2.45, 2.75) is 38.9 Å². The minimum atomic E-state index is -1.15. The molecule has 0 radical (unpaired) electrons. The molecule has 4 N–H and O–H groups in total. The smallest absolute Gasteiger partial charge is 0.407 e. The van der Waals surface area contributed by atoms with Gasteiger partial charge in [-0.05, 0) is 60.7 Å². The van der Waals surface area contributed by atoms with E-state index in [0.29, 0.717) is 34.6 Å². The van der Waals surface area contributed by atoms with E-state index in [2.05, 4.69) is 20.6 Å². The van der Waals surface area contributed by atoms with Crippen LogP contribution in [0.3, 0.4) is 0 Å². The molecule has 2 aromatic carbocycles. The number of anilines is 1. The number of nitrogens with zero attached hydrogens (tertiary/aromatic N) is 3. The van der Waals surface area contributed by atoms with Gasteiger partial charge in [0.2, 0.25) is 0 Å². The molecular weight excluding hydrogens is 622 g/mol. The number of rotatable bonds is 12. The van der Waals surface area contributed by atoms with Crippen LogP contribution in [0.5, 0.6) is 5.75 Å². The molecule has 246 valence electrons. The first-order chi connectivity index (χ1) is 22.8. The van der Waals surface area contributed by atoms with Crippen LogP contribution >= 0.6 is 11.6 Å². The molecule has 12 heteroatoms. The van der Waals surface area contributed by atoms with Crippen molar-refractivity contribution >= 4 is 29.3 Å². The van der Waals surface area contributed by atoms with E-state index in [0.717, 1.165) is 64.5 Å². The van der Waals surface area contributed by atoms with Crippen molar-refractivity contribution in [1.29, 1.82) is 0 Å². The lowest BCUT2D eigenvalue weighted by molar-refractivity contribution is 0.0775. The SMILES string of the molecule is COc1cc(-c2nccc(-c3cccc(NC(=O)c4ccc(CN(CCO)C(=O)O)cn4)c3C)c2Cl)ccc1CNC1CCOCC1. The number of carbonyl (C=O) groups excluding carboxylic acids is 1. The van der Waals surface area contributed by atoms with Gasteiger partial charge in [-0.3, -0.25) is 14.8 Å². The number of aliphatic hydroxyl groups is 1. The number of benzene rings is 2. The Hall–Kier alpha value is -4.55. The lowest BCUT2D eigenvalue weighted by atomic mass is 9.97. The molecule has 1 saturated heterocycles. The van der Waals surface area contributed by atoms with Crippen LogP contribution in [0.15, 0.2) is 67.0 Å². The fourth-order valence-electron chi connectivity index (χ4n) is 5.53. The second-order valence-electron chi connectivity index (χ2n) is 11.2. The quantitative estimate of drug-likeness (QED) is 0.149. The number of aromatic nitrogens is 2. The number of carboxylic acid groups (broad SMARTS) is 1. The molecule has 2 amide bonds. The Labute approximate surface area is 278 Å². The van der Waals surface area contributed by atoms with E-state index in [4.69, 9.17) is 26.2 Å². The predicted octanol–water partition coefficient (Wildman–Crippen LogP) is 5.77. The third-order valence-corrected chi connectivity index (χ3v) is 8.58. The van der Waals surface area contributed by atoms with Crippen molar-refractivity contribution in [3.63, 3.8) is 0 Å². The number of methoxy groups -OCH3 is 1. The van der Waals surface area contributed by atoms with Crippen molar-refractivity contribution < 1.29 is 29.3 Å². The Morgan fingerprint density at radius 2 is 1.89 bits per heavy atom. The molecule has 0 aliphatic carbocycles. The molecule has 0 unspecified atom stereocenters. The summed E-state index contributed by atoms with van der Waals surface area (Å²) >= 11 is 7.01. The lowest BCUT2D eigenvalue weighted by Gasteiger charge is -2.23. The van der Waals surface area contributed by atoms with E-state index in [1.807, 2.05) is 43.3 Å². The van der Waals surface area contributed by atoms with Crippen LogP contribution in [0, 0.1) is 6.92 Å². The van der Waals surface area contributed by atoms with Crippen molar-refractivity contribution in [2.24, 2.45) is 0 Å². The van der Waals surface area contributed by atoms with Crippen molar-refractivity contribution in [2.75, 3.05) is 38.8 Å². The summed E-state index contributed by atoms with van der Waals surface area (Å²) in [4.78, 5) is 34.4. The lowest BCUT2D eigenvalue weighted by Crippen LogP contribution is -2.34. The van der Waals surface area contributed by atoms with Crippen LogP contribution in [-0.2, 0) is 17.8 Å². The number of carbonyl (C=O) groups is 2. The maximum absolute atomic E-state index is 13.1. The molecule has 11 nitrogen and oxygen atoms in total. The predicted molar refractivity (Wildman–Crippen MR) is 180 cm³/mol. The molecule has 0 atom stereocenters. The first kappa shape index (κ1) is 33.8. The van der Waals surface area contributed by atoms with E-state index in [1.165, 1.54) is 12.3 Å². The van der Waals surface area contributed by atoms with Gasteiger partial charge in [0.1, 0.15) is 11.4 Å². The molecule has 1 aliphatic rings. The molecular formula is C35H38ClN5O6. The molecule has 0 saturated carbocycles. The van der Waals surface area contributed by atoms with E-state index in [9.17, 15) is 14.7 Å². The fourth-order valence-corrected chi connectivity index (χ4v) is 5.85. The maximum atomic E-state index is 13.1. The molecule has 2 aromatic heterocycles. The number of amides is 2. The summed E-state index contributed by atoms with van der Waals surface area (Å²) in [5, 5.41) is 25.4. The molecule has 1 fully saturated rings. The summed E-state index contributed by atoms with van der Waals surface area (Å²) in [5.41, 5.74) is 6.25. The second-order valence-corrected chi connectivity index (χ2v) is 11.6. The largest absolute Gasteiger partial charge is 0.496 e. The van der Waals surface area contributed by atoms with Gasteiger partial charge in [0.25, 0.3) is 5.91 Å². The monoisotopic (exact) mass is 659 g/mol. The Balaban J connectivity index is 1.33. The van der Waals surface area contributed by atoms with E-state index in [1.54, 1.807) is 25.4 Å². The first-order valence-electron chi connectivity index (χ1n) is 15.4. The zero-order valence-electron chi connectivity index (χ0n) is 26.3. The number of hydrogen-bond donors (Lipinski definition) is 4. The normalized spacial score (nSPS) is 13.3. The van der Waals surface area contributed by atoms with E-state index < -0.39 is 12.0 Å². The van der Waals surface area contributed by atoms with Crippen molar-refractivity contribution in [3.05, 3.63) is 94.4 Å². The highest BCUT2D eigenvalue weighted by atomic mass is 35.5. The van der Waals surface area contributed by atoms with E-state index >= 15 is 0 Å². The maximum Gasteiger partial charge on any atom is 0.407 e. The molecule has 47 heavy (non-hydrogen) atoms. The standard InChI is InChI=1S/C35H38ClN5O6/c1-22-27(4-3-5-29(22)40-34(43)30-9-6-23(19-39-30)21-41(14-15-42)35(44)45)28-10-13-37-33(32(28)36)24-7-8-25(31(18-24)46-2)20-38-26-11-16-47-17-12-26/h3-10,13,18-19,26,38,42H,11-12,14-17,20-21H2,1-2H3,(H,40,43)(H,44,45). The molecule has 0 spiro atoms. The minimum Gasteiger partial charge on any atom is -0.496 e. The molecule has 5 rings (SSSR count). The highest BCUT2D eigenvalue weighted by Gasteiger charge is 2.19. The van der Waals surface area contributed by atoms with E-state index in [-0.39, 0.29) is 25.4 Å². The van der Waals surface area contributed by atoms with Crippen LogP contribution in [0.25, 0.3) is 22.4 Å². The Morgan fingerprint density at radius 1 is 1.09 bits per heavy atom. The Kier molecular flexibility index (Phi) is 11.4. The fraction of sp³-hybridized carbons (Fsp3) is 0.314. The van der Waals surface area contributed by atoms with Crippen LogP contribution < -0.4 is 15.4 Å². The highest BCUT2D eigenvalue weighted by Crippen LogP contribution is 2.39. The third-order valence-electron chi connectivity index (χ3n) is 8.20.